The second-order valence-corrected chi connectivity index (χ2v) is 3.78. The minimum Gasteiger partial charge on any atom is -0.489 e. The van der Waals surface area contributed by atoms with Crippen molar-refractivity contribution in [2.24, 2.45) is 0 Å². The second-order valence-electron chi connectivity index (χ2n) is 3.78. The van der Waals surface area contributed by atoms with Crippen LogP contribution in [0.2, 0.25) is 0 Å². The van der Waals surface area contributed by atoms with Crippen molar-refractivity contribution >= 4 is 10.9 Å². The molecule has 3 nitrogen and oxygen atoms in total. The molecule has 0 radical (unpaired) electrons. The summed E-state index contributed by atoms with van der Waals surface area (Å²) in [6, 6.07) is 5.88. The normalized spacial score (nSPS) is 10.9. The van der Waals surface area contributed by atoms with Crippen molar-refractivity contribution in [3.8, 4) is 5.75 Å². The van der Waals surface area contributed by atoms with Gasteiger partial charge in [-0.3, -0.25) is 0 Å². The number of aryl methyl sites for hydroxylation is 1. The molecule has 0 bridgehead atoms. The predicted octanol–water partition coefficient (Wildman–Crippen LogP) is 2.73. The summed E-state index contributed by atoms with van der Waals surface area (Å²) >= 11 is 0. The van der Waals surface area contributed by atoms with Crippen LogP contribution in [0, 0.1) is 6.92 Å². The molecule has 0 fully saturated rings. The van der Waals surface area contributed by atoms with Crippen molar-refractivity contribution in [3.63, 3.8) is 0 Å². The zero-order valence-electron chi connectivity index (χ0n) is 9.19. The number of fused-ring (bicyclic) bond motifs is 1. The molecule has 78 valence electrons. The molecule has 3 heteroatoms. The molecule has 0 aliphatic rings. The van der Waals surface area contributed by atoms with Crippen LogP contribution in [0.3, 0.4) is 0 Å². The van der Waals surface area contributed by atoms with Crippen molar-refractivity contribution < 1.29 is 4.74 Å². The van der Waals surface area contributed by atoms with Crippen LogP contribution in [0.5, 0.6) is 5.75 Å². The Balaban J connectivity index is 2.58. The Kier molecular flexibility index (Phi) is 2.54. The molecule has 0 atom stereocenters. The highest BCUT2D eigenvalue weighted by Crippen LogP contribution is 2.23. The van der Waals surface area contributed by atoms with Crippen molar-refractivity contribution in [1.29, 1.82) is 0 Å². The average molecular weight is 202 g/mol. The van der Waals surface area contributed by atoms with E-state index in [0.717, 1.165) is 22.5 Å². The molecular weight excluding hydrogens is 188 g/mol. The van der Waals surface area contributed by atoms with Gasteiger partial charge >= 0.3 is 0 Å². The predicted molar refractivity (Wildman–Crippen MR) is 60.0 cm³/mol. The zero-order chi connectivity index (χ0) is 10.8. The highest BCUT2D eigenvalue weighted by atomic mass is 16.5. The van der Waals surface area contributed by atoms with Crippen LogP contribution in [0.15, 0.2) is 24.4 Å². The minimum absolute atomic E-state index is 0.158. The van der Waals surface area contributed by atoms with Gasteiger partial charge in [-0.05, 0) is 26.8 Å². The summed E-state index contributed by atoms with van der Waals surface area (Å²) < 4.78 is 5.69. The van der Waals surface area contributed by atoms with Crippen LogP contribution in [0.1, 0.15) is 19.7 Å². The Morgan fingerprint density at radius 2 is 2.07 bits per heavy atom. The third-order valence-electron chi connectivity index (χ3n) is 2.06. The number of rotatable bonds is 2. The van der Waals surface area contributed by atoms with Gasteiger partial charge in [-0.15, -0.1) is 0 Å². The number of aromatic nitrogens is 2. The third kappa shape index (κ3) is 2.06. The van der Waals surface area contributed by atoms with E-state index in [2.05, 4.69) is 9.97 Å². The summed E-state index contributed by atoms with van der Waals surface area (Å²) in [4.78, 5) is 8.55. The van der Waals surface area contributed by atoms with Crippen LogP contribution in [0.25, 0.3) is 10.9 Å². The Morgan fingerprint density at radius 1 is 1.27 bits per heavy atom. The monoisotopic (exact) mass is 202 g/mol. The molecule has 15 heavy (non-hydrogen) atoms. The molecule has 1 aromatic heterocycles. The van der Waals surface area contributed by atoms with E-state index in [1.54, 1.807) is 0 Å². The molecule has 1 aromatic carbocycles. The maximum Gasteiger partial charge on any atom is 0.146 e. The van der Waals surface area contributed by atoms with E-state index < -0.39 is 0 Å². The van der Waals surface area contributed by atoms with Crippen molar-refractivity contribution in [1.82, 2.24) is 9.97 Å². The van der Waals surface area contributed by atoms with Crippen LogP contribution in [0.4, 0.5) is 0 Å². The zero-order valence-corrected chi connectivity index (χ0v) is 9.19. The molecule has 0 unspecified atom stereocenters. The van der Waals surface area contributed by atoms with Crippen LogP contribution in [-0.2, 0) is 0 Å². The van der Waals surface area contributed by atoms with E-state index in [1.165, 1.54) is 0 Å². The summed E-state index contributed by atoms with van der Waals surface area (Å²) in [5, 5.41) is 1.01. The van der Waals surface area contributed by atoms with Gasteiger partial charge in [-0.25, -0.2) is 9.97 Å². The van der Waals surface area contributed by atoms with Crippen LogP contribution in [-0.4, -0.2) is 16.1 Å². The Morgan fingerprint density at radius 3 is 2.80 bits per heavy atom. The quantitative estimate of drug-likeness (QED) is 0.751. The molecule has 0 saturated carbocycles. The van der Waals surface area contributed by atoms with E-state index >= 15 is 0 Å². The fraction of sp³-hybridized carbons (Fsp3) is 0.333. The molecule has 0 N–H and O–H groups in total. The SMILES string of the molecule is Cc1ncc2cccc(OC(C)C)c2n1. The first-order valence-electron chi connectivity index (χ1n) is 5.06. The third-order valence-corrected chi connectivity index (χ3v) is 2.06. The lowest BCUT2D eigenvalue weighted by molar-refractivity contribution is 0.245. The highest BCUT2D eigenvalue weighted by Gasteiger charge is 2.05. The van der Waals surface area contributed by atoms with Gasteiger partial charge in [-0.1, -0.05) is 12.1 Å². The van der Waals surface area contributed by atoms with E-state index in [-0.39, 0.29) is 6.10 Å². The first kappa shape index (κ1) is 9.90. The van der Waals surface area contributed by atoms with E-state index in [1.807, 2.05) is 45.2 Å². The fourth-order valence-corrected chi connectivity index (χ4v) is 1.47. The van der Waals surface area contributed by atoms with Crippen molar-refractivity contribution in [3.05, 3.63) is 30.2 Å². The topological polar surface area (TPSA) is 35.0 Å². The lowest BCUT2D eigenvalue weighted by atomic mass is 10.2. The van der Waals surface area contributed by atoms with Gasteiger partial charge in [0.25, 0.3) is 0 Å². The highest BCUT2D eigenvalue weighted by molar-refractivity contribution is 5.83. The average Bonchev–Trinajstić information content (AvgIpc) is 2.18. The Labute approximate surface area is 89.1 Å². The summed E-state index contributed by atoms with van der Waals surface area (Å²) in [7, 11) is 0. The maximum atomic E-state index is 5.69. The number of para-hydroxylation sites is 1. The van der Waals surface area contributed by atoms with E-state index in [4.69, 9.17) is 4.74 Å². The first-order valence-corrected chi connectivity index (χ1v) is 5.06. The van der Waals surface area contributed by atoms with Crippen molar-refractivity contribution in [2.45, 2.75) is 26.9 Å². The molecule has 0 aliphatic heterocycles. The Bertz CT molecular complexity index is 480. The number of hydrogen-bond donors (Lipinski definition) is 0. The van der Waals surface area contributed by atoms with Gasteiger partial charge < -0.3 is 4.74 Å². The van der Waals surface area contributed by atoms with Gasteiger partial charge in [0.1, 0.15) is 17.1 Å². The van der Waals surface area contributed by atoms with Crippen LogP contribution < -0.4 is 4.74 Å². The van der Waals surface area contributed by atoms with Gasteiger partial charge in [0, 0.05) is 11.6 Å². The van der Waals surface area contributed by atoms with E-state index in [9.17, 15) is 0 Å². The van der Waals surface area contributed by atoms with Gasteiger partial charge in [0.2, 0.25) is 0 Å². The summed E-state index contributed by atoms with van der Waals surface area (Å²) in [5.74, 6) is 1.59. The molecule has 0 saturated heterocycles. The lowest BCUT2D eigenvalue weighted by Gasteiger charge is -2.11. The summed E-state index contributed by atoms with van der Waals surface area (Å²) in [6.45, 7) is 5.89. The second kappa shape index (κ2) is 3.85. The molecule has 0 spiro atoms. The lowest BCUT2D eigenvalue weighted by Crippen LogP contribution is -2.06. The smallest absolute Gasteiger partial charge is 0.146 e. The van der Waals surface area contributed by atoms with Gasteiger partial charge in [0.05, 0.1) is 6.10 Å². The maximum absolute atomic E-state index is 5.69. The van der Waals surface area contributed by atoms with Gasteiger partial charge in [0.15, 0.2) is 0 Å². The largest absolute Gasteiger partial charge is 0.489 e. The molecule has 2 rings (SSSR count). The number of nitrogens with zero attached hydrogens (tertiary/aromatic N) is 2. The molecule has 0 amide bonds. The molecule has 0 aliphatic carbocycles. The first-order chi connectivity index (χ1) is 7.16. The molecule has 2 aromatic rings. The number of benzene rings is 1. The van der Waals surface area contributed by atoms with Gasteiger partial charge in [-0.2, -0.15) is 0 Å². The minimum atomic E-state index is 0.158. The molecule has 1 heterocycles. The molecular formula is C12H14N2O. The Hall–Kier alpha value is -1.64. The number of hydrogen-bond acceptors (Lipinski definition) is 3. The van der Waals surface area contributed by atoms with Crippen LogP contribution >= 0.6 is 0 Å². The van der Waals surface area contributed by atoms with Crippen molar-refractivity contribution in [2.75, 3.05) is 0 Å². The fourth-order valence-electron chi connectivity index (χ4n) is 1.47. The van der Waals surface area contributed by atoms with E-state index in [0.29, 0.717) is 0 Å². The number of ether oxygens (including phenoxy) is 1. The summed E-state index contributed by atoms with van der Waals surface area (Å²) in [5.41, 5.74) is 0.888. The standard InChI is InChI=1S/C12H14N2O/c1-8(2)15-11-6-4-5-10-7-13-9(3)14-12(10)11/h4-8H,1-3H3. The summed E-state index contributed by atoms with van der Waals surface area (Å²) in [6.07, 6.45) is 1.98.